The van der Waals surface area contributed by atoms with Crippen LogP contribution in [-0.4, -0.2) is 50.0 Å². The number of urea groups is 1. The standard InChI is InChI=1S/C17H23N5O2/c1-12-7-8-21(9-16(12)23)17(24)20-13(2)14-3-5-15(6-4-14)22-11-18-10-19-22/h3-6,10-13,16,23H,7-9H2,1-2H3,(H,20,24). The van der Waals surface area contributed by atoms with Gasteiger partial charge >= 0.3 is 6.03 Å². The van der Waals surface area contributed by atoms with Gasteiger partial charge in [0.2, 0.25) is 0 Å². The number of hydrogen-bond acceptors (Lipinski definition) is 4. The van der Waals surface area contributed by atoms with Crippen LogP contribution in [0.5, 0.6) is 0 Å². The number of benzene rings is 1. The molecule has 24 heavy (non-hydrogen) atoms. The summed E-state index contributed by atoms with van der Waals surface area (Å²) in [6, 6.07) is 7.58. The number of aliphatic hydroxyl groups excluding tert-OH is 1. The Morgan fingerprint density at radius 3 is 2.75 bits per heavy atom. The van der Waals surface area contributed by atoms with Gasteiger partial charge in [0.25, 0.3) is 0 Å². The van der Waals surface area contributed by atoms with Gasteiger partial charge in [-0.1, -0.05) is 19.1 Å². The molecule has 2 heterocycles. The zero-order valence-corrected chi connectivity index (χ0v) is 14.0. The van der Waals surface area contributed by atoms with E-state index in [9.17, 15) is 9.90 Å². The number of aromatic nitrogens is 3. The molecule has 128 valence electrons. The van der Waals surface area contributed by atoms with Crippen molar-refractivity contribution in [3.63, 3.8) is 0 Å². The zero-order chi connectivity index (χ0) is 17.1. The SMILES string of the molecule is CC(NC(=O)N1CCC(C)C(O)C1)c1ccc(-n2cncn2)cc1. The highest BCUT2D eigenvalue weighted by Crippen LogP contribution is 2.19. The molecule has 7 nitrogen and oxygen atoms in total. The molecular weight excluding hydrogens is 306 g/mol. The number of nitrogens with one attached hydrogen (secondary N) is 1. The number of nitrogens with zero attached hydrogens (tertiary/aromatic N) is 4. The molecule has 1 aliphatic heterocycles. The largest absolute Gasteiger partial charge is 0.391 e. The Balaban J connectivity index is 1.60. The van der Waals surface area contributed by atoms with E-state index in [0.717, 1.165) is 17.7 Å². The van der Waals surface area contributed by atoms with Gasteiger partial charge in [0.05, 0.1) is 17.8 Å². The third-order valence-corrected chi connectivity index (χ3v) is 4.62. The number of rotatable bonds is 3. The number of likely N-dealkylation sites (tertiary alicyclic amines) is 1. The van der Waals surface area contributed by atoms with Gasteiger partial charge in [-0.05, 0) is 37.0 Å². The zero-order valence-electron chi connectivity index (χ0n) is 14.0. The first-order chi connectivity index (χ1) is 11.5. The number of aliphatic hydroxyl groups is 1. The van der Waals surface area contributed by atoms with Crippen LogP contribution >= 0.6 is 0 Å². The molecule has 3 rings (SSSR count). The fourth-order valence-corrected chi connectivity index (χ4v) is 2.85. The maximum absolute atomic E-state index is 12.4. The Kier molecular flexibility index (Phi) is 4.80. The Morgan fingerprint density at radius 1 is 1.38 bits per heavy atom. The molecule has 0 radical (unpaired) electrons. The molecule has 2 N–H and O–H groups in total. The van der Waals surface area contributed by atoms with Crippen LogP contribution < -0.4 is 5.32 Å². The highest BCUT2D eigenvalue weighted by Gasteiger charge is 2.27. The van der Waals surface area contributed by atoms with E-state index < -0.39 is 6.10 Å². The smallest absolute Gasteiger partial charge is 0.317 e. The van der Waals surface area contributed by atoms with Gasteiger partial charge in [-0.15, -0.1) is 0 Å². The monoisotopic (exact) mass is 329 g/mol. The van der Waals surface area contributed by atoms with Crippen molar-refractivity contribution >= 4 is 6.03 Å². The molecule has 7 heteroatoms. The number of carbonyl (C=O) groups excluding carboxylic acids is 1. The number of amides is 2. The molecule has 0 spiro atoms. The van der Waals surface area contributed by atoms with Crippen molar-refractivity contribution in [2.45, 2.75) is 32.4 Å². The molecule has 2 aromatic rings. The fraction of sp³-hybridized carbons (Fsp3) is 0.471. The lowest BCUT2D eigenvalue weighted by Crippen LogP contribution is -2.50. The molecule has 3 atom stereocenters. The highest BCUT2D eigenvalue weighted by molar-refractivity contribution is 5.74. The normalized spacial score (nSPS) is 22.2. The van der Waals surface area contributed by atoms with E-state index in [-0.39, 0.29) is 18.0 Å². The molecule has 2 amide bonds. The topological polar surface area (TPSA) is 83.3 Å². The first-order valence-corrected chi connectivity index (χ1v) is 8.23. The van der Waals surface area contributed by atoms with E-state index in [1.807, 2.05) is 38.1 Å². The second kappa shape index (κ2) is 7.00. The van der Waals surface area contributed by atoms with E-state index in [1.54, 1.807) is 15.9 Å². The summed E-state index contributed by atoms with van der Waals surface area (Å²) >= 11 is 0. The molecular formula is C17H23N5O2. The minimum absolute atomic E-state index is 0.112. The second-order valence-electron chi connectivity index (χ2n) is 6.38. The van der Waals surface area contributed by atoms with Crippen molar-refractivity contribution in [1.82, 2.24) is 25.0 Å². The minimum Gasteiger partial charge on any atom is -0.391 e. The van der Waals surface area contributed by atoms with Gasteiger partial charge in [-0.2, -0.15) is 5.10 Å². The van der Waals surface area contributed by atoms with Crippen molar-refractivity contribution in [3.05, 3.63) is 42.5 Å². The molecule has 1 aromatic carbocycles. The third-order valence-electron chi connectivity index (χ3n) is 4.62. The van der Waals surface area contributed by atoms with Gasteiger partial charge in [-0.25, -0.2) is 14.5 Å². The van der Waals surface area contributed by atoms with Crippen molar-refractivity contribution in [2.75, 3.05) is 13.1 Å². The van der Waals surface area contributed by atoms with Crippen LogP contribution in [0.4, 0.5) is 4.79 Å². The van der Waals surface area contributed by atoms with Gasteiger partial charge < -0.3 is 15.3 Å². The molecule has 3 unspecified atom stereocenters. The molecule has 0 saturated carbocycles. The number of β-amino-alcohol motifs (C(OH)–C–C–N with tert-alkyl or cyclic N) is 1. The van der Waals surface area contributed by atoms with Gasteiger partial charge in [0.1, 0.15) is 12.7 Å². The number of carbonyl (C=O) groups is 1. The number of piperidine rings is 1. The summed E-state index contributed by atoms with van der Waals surface area (Å²) in [4.78, 5) is 18.0. The van der Waals surface area contributed by atoms with E-state index in [2.05, 4.69) is 15.4 Å². The molecule has 0 bridgehead atoms. The maximum atomic E-state index is 12.4. The summed E-state index contributed by atoms with van der Waals surface area (Å²) in [5, 5.41) is 17.0. The van der Waals surface area contributed by atoms with Crippen LogP contribution in [0.15, 0.2) is 36.9 Å². The Labute approximate surface area is 141 Å². The first kappa shape index (κ1) is 16.4. The van der Waals surface area contributed by atoms with Crippen molar-refractivity contribution in [3.8, 4) is 5.69 Å². The predicted molar refractivity (Wildman–Crippen MR) is 89.7 cm³/mol. The summed E-state index contributed by atoms with van der Waals surface area (Å²) in [5.74, 6) is 0.246. The van der Waals surface area contributed by atoms with Crippen LogP contribution in [0.2, 0.25) is 0 Å². The Bertz CT molecular complexity index is 671. The minimum atomic E-state index is -0.443. The maximum Gasteiger partial charge on any atom is 0.317 e. The van der Waals surface area contributed by atoms with Crippen molar-refractivity contribution < 1.29 is 9.90 Å². The third kappa shape index (κ3) is 3.56. The summed E-state index contributed by atoms with van der Waals surface area (Å²) in [6.07, 6.45) is 3.52. The van der Waals surface area contributed by atoms with Gasteiger partial charge in [0.15, 0.2) is 0 Å². The van der Waals surface area contributed by atoms with E-state index in [0.29, 0.717) is 13.1 Å². The molecule has 1 fully saturated rings. The quantitative estimate of drug-likeness (QED) is 0.898. The predicted octanol–water partition coefficient (Wildman–Crippen LogP) is 1.74. The lowest BCUT2D eigenvalue weighted by Gasteiger charge is -2.35. The number of hydrogen-bond donors (Lipinski definition) is 2. The van der Waals surface area contributed by atoms with Gasteiger partial charge in [-0.3, -0.25) is 0 Å². The van der Waals surface area contributed by atoms with E-state index >= 15 is 0 Å². The Morgan fingerprint density at radius 2 is 2.12 bits per heavy atom. The summed E-state index contributed by atoms with van der Waals surface area (Å²) in [5.41, 5.74) is 1.93. The van der Waals surface area contributed by atoms with Crippen LogP contribution in [-0.2, 0) is 0 Å². The Hall–Kier alpha value is -2.41. The molecule has 1 saturated heterocycles. The molecule has 1 aromatic heterocycles. The average Bonchev–Trinajstić information content (AvgIpc) is 3.12. The van der Waals surface area contributed by atoms with Crippen molar-refractivity contribution in [1.29, 1.82) is 0 Å². The highest BCUT2D eigenvalue weighted by atomic mass is 16.3. The average molecular weight is 329 g/mol. The van der Waals surface area contributed by atoms with Crippen molar-refractivity contribution in [2.24, 2.45) is 5.92 Å². The first-order valence-electron chi connectivity index (χ1n) is 8.23. The van der Waals surface area contributed by atoms with Gasteiger partial charge in [0, 0.05) is 13.1 Å². The lowest BCUT2D eigenvalue weighted by atomic mass is 9.96. The summed E-state index contributed by atoms with van der Waals surface area (Å²) in [6.45, 7) is 5.04. The second-order valence-corrected chi connectivity index (χ2v) is 6.38. The summed E-state index contributed by atoms with van der Waals surface area (Å²) in [7, 11) is 0. The van der Waals surface area contributed by atoms with Crippen LogP contribution in [0, 0.1) is 5.92 Å². The fourth-order valence-electron chi connectivity index (χ4n) is 2.85. The lowest BCUT2D eigenvalue weighted by molar-refractivity contribution is 0.0431. The van der Waals surface area contributed by atoms with Crippen LogP contribution in [0.3, 0.4) is 0 Å². The van der Waals surface area contributed by atoms with E-state index in [1.165, 1.54) is 6.33 Å². The molecule has 0 aliphatic carbocycles. The van der Waals surface area contributed by atoms with Crippen LogP contribution in [0.25, 0.3) is 5.69 Å². The summed E-state index contributed by atoms with van der Waals surface area (Å²) < 4.78 is 1.68. The van der Waals surface area contributed by atoms with E-state index in [4.69, 9.17) is 0 Å². The molecule has 1 aliphatic rings. The van der Waals surface area contributed by atoms with Crippen LogP contribution in [0.1, 0.15) is 31.9 Å².